The number of nitrogens with zero attached hydrogens (tertiary/aromatic N) is 1. The largest absolute Gasteiger partial charge is 0.493 e. The first-order valence-electron chi connectivity index (χ1n) is 8.21. The number of para-hydroxylation sites is 2. The Morgan fingerprint density at radius 1 is 1.29 bits per heavy atom. The van der Waals surface area contributed by atoms with Gasteiger partial charge in [0, 0.05) is 4.88 Å². The van der Waals surface area contributed by atoms with Crippen LogP contribution in [0.3, 0.4) is 0 Å². The molecule has 1 aliphatic rings. The van der Waals surface area contributed by atoms with E-state index >= 15 is 0 Å². The van der Waals surface area contributed by atoms with Gasteiger partial charge in [-0.1, -0.05) is 12.1 Å². The highest BCUT2D eigenvalue weighted by Gasteiger charge is 2.19. The van der Waals surface area contributed by atoms with Gasteiger partial charge in [-0.15, -0.1) is 11.3 Å². The maximum Gasteiger partial charge on any atom is 0.258 e. The Morgan fingerprint density at radius 2 is 2.04 bits per heavy atom. The Labute approximate surface area is 146 Å². The SMILES string of the molecule is COc1ccccc1OCC(=O)N[C@@H](C)c1nc2c(s1)CCCC2. The smallest absolute Gasteiger partial charge is 0.258 e. The second-order valence-corrected chi connectivity index (χ2v) is 6.97. The number of aromatic nitrogens is 1. The molecule has 24 heavy (non-hydrogen) atoms. The van der Waals surface area contributed by atoms with Gasteiger partial charge >= 0.3 is 0 Å². The molecule has 1 aromatic carbocycles. The molecule has 1 amide bonds. The van der Waals surface area contributed by atoms with E-state index in [0.29, 0.717) is 11.5 Å². The Hall–Kier alpha value is -2.08. The number of rotatable bonds is 6. The zero-order chi connectivity index (χ0) is 16.9. The molecule has 0 unspecified atom stereocenters. The minimum absolute atomic E-state index is 0.0458. The molecule has 3 rings (SSSR count). The van der Waals surface area contributed by atoms with Gasteiger partial charge in [-0.05, 0) is 44.7 Å². The van der Waals surface area contributed by atoms with Crippen molar-refractivity contribution in [2.24, 2.45) is 0 Å². The van der Waals surface area contributed by atoms with E-state index < -0.39 is 0 Å². The third-order valence-electron chi connectivity index (χ3n) is 4.04. The van der Waals surface area contributed by atoms with Crippen LogP contribution >= 0.6 is 11.3 Å². The average molecular weight is 346 g/mol. The van der Waals surface area contributed by atoms with E-state index in [1.807, 2.05) is 19.1 Å². The van der Waals surface area contributed by atoms with Gasteiger partial charge in [-0.25, -0.2) is 4.98 Å². The minimum atomic E-state index is -0.165. The van der Waals surface area contributed by atoms with Crippen molar-refractivity contribution in [3.05, 3.63) is 39.8 Å². The Kier molecular flexibility index (Phi) is 5.35. The standard InChI is InChI=1S/C18H22N2O3S/c1-12(18-20-13-7-3-6-10-16(13)24-18)19-17(21)11-23-15-9-5-4-8-14(15)22-2/h4-5,8-9,12H,3,6-7,10-11H2,1-2H3,(H,19,21)/t12-/m0/s1. The van der Waals surface area contributed by atoms with Crippen LogP contribution in [0.1, 0.15) is 41.4 Å². The van der Waals surface area contributed by atoms with Crippen LogP contribution in [0.25, 0.3) is 0 Å². The van der Waals surface area contributed by atoms with Gasteiger partial charge in [0.25, 0.3) is 5.91 Å². The number of benzene rings is 1. The number of carbonyl (C=O) groups is 1. The van der Waals surface area contributed by atoms with Crippen LogP contribution in [0, 0.1) is 0 Å². The van der Waals surface area contributed by atoms with Gasteiger partial charge in [0.15, 0.2) is 18.1 Å². The number of hydrogen-bond donors (Lipinski definition) is 1. The average Bonchev–Trinajstić information content (AvgIpc) is 3.04. The Bertz CT molecular complexity index is 691. The topological polar surface area (TPSA) is 60.5 Å². The van der Waals surface area contributed by atoms with Crippen molar-refractivity contribution in [2.75, 3.05) is 13.7 Å². The Morgan fingerprint density at radius 3 is 2.79 bits per heavy atom. The van der Waals surface area contributed by atoms with Gasteiger partial charge in [-0.2, -0.15) is 0 Å². The van der Waals surface area contributed by atoms with Crippen LogP contribution < -0.4 is 14.8 Å². The normalized spacial score (nSPS) is 14.6. The predicted octanol–water partition coefficient (Wildman–Crippen LogP) is 3.29. The van der Waals surface area contributed by atoms with Crippen molar-refractivity contribution >= 4 is 17.2 Å². The zero-order valence-corrected chi connectivity index (χ0v) is 14.8. The molecule has 128 valence electrons. The summed E-state index contributed by atoms with van der Waals surface area (Å²) in [5.74, 6) is 1.01. The van der Waals surface area contributed by atoms with Crippen molar-refractivity contribution in [3.8, 4) is 11.5 Å². The van der Waals surface area contributed by atoms with Gasteiger partial charge in [0.2, 0.25) is 0 Å². The van der Waals surface area contributed by atoms with Crippen LogP contribution in [0.5, 0.6) is 11.5 Å². The molecule has 1 atom stereocenters. The molecule has 1 aliphatic carbocycles. The first-order chi connectivity index (χ1) is 11.7. The molecule has 1 N–H and O–H groups in total. The summed E-state index contributed by atoms with van der Waals surface area (Å²) in [7, 11) is 1.58. The fourth-order valence-electron chi connectivity index (χ4n) is 2.78. The number of methoxy groups -OCH3 is 1. The molecule has 2 aromatic rings. The summed E-state index contributed by atoms with van der Waals surface area (Å²) in [6, 6.07) is 7.19. The van der Waals surface area contributed by atoms with E-state index in [1.165, 1.54) is 23.4 Å². The lowest BCUT2D eigenvalue weighted by Crippen LogP contribution is -2.31. The fourth-order valence-corrected chi connectivity index (χ4v) is 3.94. The molecule has 0 spiro atoms. The van der Waals surface area contributed by atoms with Crippen LogP contribution in [0.15, 0.2) is 24.3 Å². The lowest BCUT2D eigenvalue weighted by atomic mass is 10.0. The molecule has 0 radical (unpaired) electrons. The summed E-state index contributed by atoms with van der Waals surface area (Å²) in [6.45, 7) is 1.92. The maximum atomic E-state index is 12.1. The van der Waals surface area contributed by atoms with E-state index in [0.717, 1.165) is 17.8 Å². The molecule has 1 aromatic heterocycles. The monoisotopic (exact) mass is 346 g/mol. The first-order valence-corrected chi connectivity index (χ1v) is 9.02. The highest BCUT2D eigenvalue weighted by molar-refractivity contribution is 7.11. The minimum Gasteiger partial charge on any atom is -0.493 e. The molecule has 0 aliphatic heterocycles. The third-order valence-corrected chi connectivity index (χ3v) is 5.38. The molecule has 6 heteroatoms. The number of hydrogen-bond acceptors (Lipinski definition) is 5. The number of fused-ring (bicyclic) bond motifs is 1. The van der Waals surface area contributed by atoms with Crippen LogP contribution in [0.2, 0.25) is 0 Å². The molecule has 0 saturated carbocycles. The number of ether oxygens (including phenoxy) is 2. The highest BCUT2D eigenvalue weighted by atomic mass is 32.1. The van der Waals surface area contributed by atoms with E-state index in [4.69, 9.17) is 14.5 Å². The number of amides is 1. The molecule has 0 fully saturated rings. The second kappa shape index (κ2) is 7.66. The molecule has 0 bridgehead atoms. The lowest BCUT2D eigenvalue weighted by molar-refractivity contribution is -0.123. The van der Waals surface area contributed by atoms with Crippen molar-refractivity contribution in [1.82, 2.24) is 10.3 Å². The predicted molar refractivity (Wildman–Crippen MR) is 93.8 cm³/mol. The highest BCUT2D eigenvalue weighted by Crippen LogP contribution is 2.30. The first kappa shape index (κ1) is 16.8. The summed E-state index contributed by atoms with van der Waals surface area (Å²) < 4.78 is 10.8. The molecular weight excluding hydrogens is 324 g/mol. The quantitative estimate of drug-likeness (QED) is 0.872. The maximum absolute atomic E-state index is 12.1. The van der Waals surface area contributed by atoms with Crippen LogP contribution in [-0.4, -0.2) is 24.6 Å². The zero-order valence-electron chi connectivity index (χ0n) is 14.0. The summed E-state index contributed by atoms with van der Waals surface area (Å²) >= 11 is 1.72. The molecule has 0 saturated heterocycles. The van der Waals surface area contributed by atoms with Crippen molar-refractivity contribution in [1.29, 1.82) is 0 Å². The number of aryl methyl sites for hydroxylation is 2. The van der Waals surface area contributed by atoms with E-state index in [9.17, 15) is 4.79 Å². The number of carbonyl (C=O) groups excluding carboxylic acids is 1. The number of nitrogens with one attached hydrogen (secondary N) is 1. The third kappa shape index (κ3) is 3.87. The van der Waals surface area contributed by atoms with E-state index in [2.05, 4.69) is 5.32 Å². The lowest BCUT2D eigenvalue weighted by Gasteiger charge is -2.13. The second-order valence-electron chi connectivity index (χ2n) is 5.86. The fraction of sp³-hybridized carbons (Fsp3) is 0.444. The van der Waals surface area contributed by atoms with Gasteiger partial charge in [0.05, 0.1) is 18.8 Å². The number of thiazole rings is 1. The molecule has 1 heterocycles. The summed E-state index contributed by atoms with van der Waals surface area (Å²) in [5.41, 5.74) is 1.22. The van der Waals surface area contributed by atoms with E-state index in [-0.39, 0.29) is 18.6 Å². The van der Waals surface area contributed by atoms with Crippen molar-refractivity contribution < 1.29 is 14.3 Å². The summed E-state index contributed by atoms with van der Waals surface area (Å²) in [5, 5.41) is 3.94. The van der Waals surface area contributed by atoms with Gasteiger partial charge in [-0.3, -0.25) is 4.79 Å². The van der Waals surface area contributed by atoms with Gasteiger partial charge in [0.1, 0.15) is 5.01 Å². The molecular formula is C18H22N2O3S. The van der Waals surface area contributed by atoms with Crippen molar-refractivity contribution in [2.45, 2.75) is 38.6 Å². The van der Waals surface area contributed by atoms with E-state index in [1.54, 1.807) is 30.6 Å². The van der Waals surface area contributed by atoms with Crippen molar-refractivity contribution in [3.63, 3.8) is 0 Å². The summed E-state index contributed by atoms with van der Waals surface area (Å²) in [6.07, 6.45) is 4.62. The van der Waals surface area contributed by atoms with Crippen LogP contribution in [-0.2, 0) is 17.6 Å². The van der Waals surface area contributed by atoms with Crippen LogP contribution in [0.4, 0.5) is 0 Å². The van der Waals surface area contributed by atoms with Gasteiger partial charge < -0.3 is 14.8 Å². The molecule has 5 nitrogen and oxygen atoms in total. The Balaban J connectivity index is 1.55. The summed E-state index contributed by atoms with van der Waals surface area (Å²) in [4.78, 5) is 18.2.